The van der Waals surface area contributed by atoms with E-state index in [0.29, 0.717) is 11.1 Å². The average molecular weight is 268 g/mol. The van der Waals surface area contributed by atoms with Crippen LogP contribution in [0.4, 0.5) is 0 Å². The van der Waals surface area contributed by atoms with Gasteiger partial charge >= 0.3 is 5.69 Å². The molecule has 1 fully saturated rings. The molecule has 3 atom stereocenters. The molecule has 2 heterocycles. The van der Waals surface area contributed by atoms with E-state index in [1.165, 1.54) is 10.8 Å². The predicted octanol–water partition coefficient (Wildman–Crippen LogP) is -0.958. The van der Waals surface area contributed by atoms with Crippen molar-refractivity contribution >= 4 is 0 Å². The molecule has 104 valence electrons. The molecule has 1 saturated heterocycles. The molecule has 7 heteroatoms. The molecular formula is C12H16N2O5. The molecule has 1 aromatic rings. The normalized spacial score (nSPS) is 29.1. The minimum Gasteiger partial charge on any atom is -0.394 e. The minimum atomic E-state index is -0.973. The Morgan fingerprint density at radius 1 is 1.53 bits per heavy atom. The fourth-order valence-electron chi connectivity index (χ4n) is 2.12. The van der Waals surface area contributed by atoms with Gasteiger partial charge in [-0.05, 0) is 13.8 Å². The van der Waals surface area contributed by atoms with Gasteiger partial charge in [-0.1, -0.05) is 6.08 Å². The number of aryl methyl sites for hydroxylation is 1. The van der Waals surface area contributed by atoms with E-state index in [1.807, 2.05) is 0 Å². The van der Waals surface area contributed by atoms with E-state index in [9.17, 15) is 14.7 Å². The number of H-pyrrole nitrogens is 1. The van der Waals surface area contributed by atoms with Gasteiger partial charge in [0.15, 0.2) is 6.23 Å². The third-order valence-electron chi connectivity index (χ3n) is 3.19. The van der Waals surface area contributed by atoms with Gasteiger partial charge in [-0.2, -0.15) is 0 Å². The number of hydrogen-bond acceptors (Lipinski definition) is 5. The molecule has 19 heavy (non-hydrogen) atoms. The fourth-order valence-corrected chi connectivity index (χ4v) is 2.12. The van der Waals surface area contributed by atoms with Crippen LogP contribution in [-0.2, 0) is 4.74 Å². The molecule has 0 saturated carbocycles. The molecule has 1 unspecified atom stereocenters. The fraction of sp³-hybridized carbons (Fsp3) is 0.500. The molecule has 0 bridgehead atoms. The van der Waals surface area contributed by atoms with Crippen molar-refractivity contribution in [3.05, 3.63) is 44.2 Å². The number of hydrogen-bond donors (Lipinski definition) is 3. The quantitative estimate of drug-likeness (QED) is 0.599. The van der Waals surface area contributed by atoms with Crippen LogP contribution >= 0.6 is 0 Å². The Kier molecular flexibility index (Phi) is 3.70. The van der Waals surface area contributed by atoms with Gasteiger partial charge in [0.05, 0.1) is 6.61 Å². The minimum absolute atomic E-state index is 0.355. The number of rotatable bonds is 2. The first-order valence-electron chi connectivity index (χ1n) is 5.92. The summed E-state index contributed by atoms with van der Waals surface area (Å²) in [5.74, 6) is 0. The highest BCUT2D eigenvalue weighted by Gasteiger charge is 2.39. The molecule has 2 rings (SSSR count). The second-order valence-corrected chi connectivity index (χ2v) is 4.42. The second-order valence-electron chi connectivity index (χ2n) is 4.42. The monoisotopic (exact) mass is 268 g/mol. The summed E-state index contributed by atoms with van der Waals surface area (Å²) in [6.07, 6.45) is 0.439. The highest BCUT2D eigenvalue weighted by Crippen LogP contribution is 2.32. The molecular weight excluding hydrogens is 252 g/mol. The summed E-state index contributed by atoms with van der Waals surface area (Å²) in [5, 5.41) is 19.1. The van der Waals surface area contributed by atoms with Crippen molar-refractivity contribution in [3.8, 4) is 0 Å². The van der Waals surface area contributed by atoms with Crippen molar-refractivity contribution in [1.82, 2.24) is 9.55 Å². The number of aliphatic hydroxyl groups excluding tert-OH is 2. The van der Waals surface area contributed by atoms with E-state index >= 15 is 0 Å². The number of nitrogens with one attached hydrogen (secondary N) is 1. The molecule has 0 radical (unpaired) electrons. The number of aromatic amines is 1. The van der Waals surface area contributed by atoms with Crippen LogP contribution in [0.25, 0.3) is 0 Å². The SMILES string of the molecule is CC=C1C(O)[C@@H](CO)O[C@H]1n1cc(C)c(=O)[nH]c1=O. The van der Waals surface area contributed by atoms with E-state index < -0.39 is 29.7 Å². The number of allylic oxidation sites excluding steroid dienone is 1. The van der Waals surface area contributed by atoms with Gasteiger partial charge in [0.2, 0.25) is 0 Å². The Hall–Kier alpha value is -1.70. The summed E-state index contributed by atoms with van der Waals surface area (Å²) in [6.45, 7) is 2.92. The predicted molar refractivity (Wildman–Crippen MR) is 66.8 cm³/mol. The molecule has 1 aliphatic rings. The molecule has 3 N–H and O–H groups in total. The van der Waals surface area contributed by atoms with Crippen LogP contribution < -0.4 is 11.2 Å². The maximum absolute atomic E-state index is 11.8. The molecule has 0 aromatic carbocycles. The van der Waals surface area contributed by atoms with Gasteiger partial charge in [0, 0.05) is 17.3 Å². The summed E-state index contributed by atoms with van der Waals surface area (Å²) in [6, 6.07) is 0. The molecule has 7 nitrogen and oxygen atoms in total. The van der Waals surface area contributed by atoms with Crippen LogP contribution in [0.15, 0.2) is 27.4 Å². The van der Waals surface area contributed by atoms with E-state index in [-0.39, 0.29) is 6.61 Å². The molecule has 0 amide bonds. The van der Waals surface area contributed by atoms with Gasteiger partial charge in [0.25, 0.3) is 5.56 Å². The maximum atomic E-state index is 11.8. The zero-order chi connectivity index (χ0) is 14.2. The smallest absolute Gasteiger partial charge is 0.330 e. The number of aromatic nitrogens is 2. The van der Waals surface area contributed by atoms with E-state index in [2.05, 4.69) is 4.98 Å². The zero-order valence-corrected chi connectivity index (χ0v) is 10.7. The topological polar surface area (TPSA) is 105 Å². The third kappa shape index (κ3) is 2.27. The first-order valence-corrected chi connectivity index (χ1v) is 5.92. The summed E-state index contributed by atoms with van der Waals surface area (Å²) in [7, 11) is 0. The summed E-state index contributed by atoms with van der Waals surface area (Å²) in [5.41, 5.74) is -0.237. The molecule has 0 spiro atoms. The summed E-state index contributed by atoms with van der Waals surface area (Å²) >= 11 is 0. The van der Waals surface area contributed by atoms with Crippen LogP contribution in [0, 0.1) is 6.92 Å². The van der Waals surface area contributed by atoms with Crippen LogP contribution in [0.2, 0.25) is 0 Å². The third-order valence-corrected chi connectivity index (χ3v) is 3.19. The van der Waals surface area contributed by atoms with Gasteiger partial charge in [-0.3, -0.25) is 14.3 Å². The lowest BCUT2D eigenvalue weighted by Gasteiger charge is -2.15. The number of aliphatic hydroxyl groups is 2. The Morgan fingerprint density at radius 2 is 2.21 bits per heavy atom. The highest BCUT2D eigenvalue weighted by molar-refractivity contribution is 5.19. The van der Waals surface area contributed by atoms with Crippen molar-refractivity contribution in [2.75, 3.05) is 6.61 Å². The first-order chi connectivity index (χ1) is 8.99. The number of ether oxygens (including phenoxy) is 1. The van der Waals surface area contributed by atoms with Crippen LogP contribution in [-0.4, -0.2) is 38.6 Å². The standard InChI is InChI=1S/C12H16N2O5/c1-3-7-9(16)8(5-15)19-11(7)14-4-6(2)10(17)13-12(14)18/h3-4,8-9,11,15-16H,5H2,1-2H3,(H,13,17,18)/t8-,9?,11-/m1/s1. The van der Waals surface area contributed by atoms with Crippen LogP contribution in [0.5, 0.6) is 0 Å². The van der Waals surface area contributed by atoms with Crippen molar-refractivity contribution < 1.29 is 14.9 Å². The lowest BCUT2D eigenvalue weighted by atomic mass is 10.1. The Labute approximate surface area is 108 Å². The van der Waals surface area contributed by atoms with E-state index in [1.54, 1.807) is 19.9 Å². The first kappa shape index (κ1) is 13.7. The van der Waals surface area contributed by atoms with Crippen molar-refractivity contribution in [3.63, 3.8) is 0 Å². The zero-order valence-electron chi connectivity index (χ0n) is 10.7. The van der Waals surface area contributed by atoms with Crippen molar-refractivity contribution in [2.24, 2.45) is 0 Å². The molecule has 1 aliphatic heterocycles. The van der Waals surface area contributed by atoms with E-state index in [0.717, 1.165) is 0 Å². The highest BCUT2D eigenvalue weighted by atomic mass is 16.5. The maximum Gasteiger partial charge on any atom is 0.330 e. The van der Waals surface area contributed by atoms with Crippen molar-refractivity contribution in [1.29, 1.82) is 0 Å². The average Bonchev–Trinajstić information content (AvgIpc) is 2.70. The van der Waals surface area contributed by atoms with Gasteiger partial charge in [-0.15, -0.1) is 0 Å². The van der Waals surface area contributed by atoms with Gasteiger partial charge < -0.3 is 14.9 Å². The van der Waals surface area contributed by atoms with Crippen LogP contribution in [0.1, 0.15) is 18.7 Å². The Bertz CT molecular complexity index is 615. The molecule has 0 aliphatic carbocycles. The van der Waals surface area contributed by atoms with Crippen LogP contribution in [0.3, 0.4) is 0 Å². The van der Waals surface area contributed by atoms with Gasteiger partial charge in [-0.25, -0.2) is 4.79 Å². The summed E-state index contributed by atoms with van der Waals surface area (Å²) < 4.78 is 6.66. The lowest BCUT2D eigenvalue weighted by molar-refractivity contribution is -0.0448. The Morgan fingerprint density at radius 3 is 2.79 bits per heavy atom. The van der Waals surface area contributed by atoms with Crippen molar-refractivity contribution in [2.45, 2.75) is 32.3 Å². The second kappa shape index (κ2) is 5.12. The Balaban J connectivity index is 2.50. The summed E-state index contributed by atoms with van der Waals surface area (Å²) in [4.78, 5) is 25.3. The number of nitrogens with zero attached hydrogens (tertiary/aromatic N) is 1. The van der Waals surface area contributed by atoms with Gasteiger partial charge in [0.1, 0.15) is 12.2 Å². The van der Waals surface area contributed by atoms with E-state index in [4.69, 9.17) is 9.84 Å². The lowest BCUT2D eigenvalue weighted by Crippen LogP contribution is -2.34. The molecule has 1 aromatic heterocycles. The largest absolute Gasteiger partial charge is 0.394 e.